The van der Waals surface area contributed by atoms with Crippen LogP contribution in [0.3, 0.4) is 0 Å². The molecule has 0 N–H and O–H groups in total. The molecule has 1 saturated heterocycles. The number of benzene rings is 1. The Kier molecular flexibility index (Phi) is 4.55. The van der Waals surface area contributed by atoms with E-state index in [9.17, 15) is 4.79 Å². The van der Waals surface area contributed by atoms with Crippen molar-refractivity contribution in [2.75, 3.05) is 26.9 Å². The highest BCUT2D eigenvalue weighted by Crippen LogP contribution is 2.10. The maximum Gasteiger partial charge on any atom is 0.412 e. The van der Waals surface area contributed by atoms with Crippen LogP contribution in [0.2, 0.25) is 0 Å². The van der Waals surface area contributed by atoms with Crippen LogP contribution in [0, 0.1) is 0 Å². The Labute approximate surface area is 106 Å². The van der Waals surface area contributed by atoms with Gasteiger partial charge in [0.15, 0.2) is 6.23 Å². The molecule has 5 nitrogen and oxygen atoms in total. The fourth-order valence-electron chi connectivity index (χ4n) is 1.79. The Morgan fingerprint density at radius 1 is 1.44 bits per heavy atom. The van der Waals surface area contributed by atoms with E-state index in [4.69, 9.17) is 14.2 Å². The smallest absolute Gasteiger partial charge is 0.412 e. The second kappa shape index (κ2) is 6.37. The largest absolute Gasteiger partial charge is 0.444 e. The van der Waals surface area contributed by atoms with Crippen molar-refractivity contribution in [1.82, 2.24) is 4.90 Å². The number of rotatable bonds is 3. The Morgan fingerprint density at radius 3 is 2.94 bits per heavy atom. The Bertz CT molecular complexity index is 382. The Morgan fingerprint density at radius 2 is 2.22 bits per heavy atom. The molecule has 1 aliphatic rings. The van der Waals surface area contributed by atoms with Crippen molar-refractivity contribution in [2.24, 2.45) is 0 Å². The van der Waals surface area contributed by atoms with E-state index in [1.807, 2.05) is 30.3 Å². The second-order valence-corrected chi connectivity index (χ2v) is 4.00. The first-order chi connectivity index (χ1) is 8.81. The van der Waals surface area contributed by atoms with Gasteiger partial charge in [-0.25, -0.2) is 4.79 Å². The van der Waals surface area contributed by atoms with Crippen LogP contribution in [-0.4, -0.2) is 44.1 Å². The van der Waals surface area contributed by atoms with Gasteiger partial charge in [0.2, 0.25) is 0 Å². The zero-order valence-electron chi connectivity index (χ0n) is 10.4. The van der Waals surface area contributed by atoms with E-state index in [0.717, 1.165) is 5.56 Å². The molecule has 0 bridgehead atoms. The first-order valence-corrected chi connectivity index (χ1v) is 5.89. The molecular formula is C13H17NO4. The molecule has 0 aromatic heterocycles. The van der Waals surface area contributed by atoms with E-state index in [0.29, 0.717) is 19.8 Å². The van der Waals surface area contributed by atoms with E-state index in [1.165, 1.54) is 0 Å². The van der Waals surface area contributed by atoms with Gasteiger partial charge in [0.1, 0.15) is 6.61 Å². The Hall–Kier alpha value is -1.59. The van der Waals surface area contributed by atoms with Gasteiger partial charge < -0.3 is 14.2 Å². The molecule has 1 aromatic rings. The third-order valence-corrected chi connectivity index (χ3v) is 2.80. The van der Waals surface area contributed by atoms with Crippen molar-refractivity contribution in [3.05, 3.63) is 35.9 Å². The minimum absolute atomic E-state index is 0.271. The fraction of sp³-hybridized carbons (Fsp3) is 0.462. The summed E-state index contributed by atoms with van der Waals surface area (Å²) in [7, 11) is 1.55. The number of amides is 1. The van der Waals surface area contributed by atoms with Gasteiger partial charge in [-0.2, -0.15) is 0 Å². The maximum absolute atomic E-state index is 11.9. The average molecular weight is 251 g/mol. The molecular weight excluding hydrogens is 234 g/mol. The van der Waals surface area contributed by atoms with Crippen molar-refractivity contribution in [3.8, 4) is 0 Å². The van der Waals surface area contributed by atoms with Crippen LogP contribution in [0.15, 0.2) is 30.3 Å². The van der Waals surface area contributed by atoms with E-state index in [2.05, 4.69) is 0 Å². The molecule has 5 heteroatoms. The van der Waals surface area contributed by atoms with Gasteiger partial charge in [0.05, 0.1) is 19.8 Å². The lowest BCUT2D eigenvalue weighted by atomic mass is 10.2. The minimum Gasteiger partial charge on any atom is -0.444 e. The molecule has 2 rings (SSSR count). The van der Waals surface area contributed by atoms with Crippen LogP contribution in [0.25, 0.3) is 0 Å². The van der Waals surface area contributed by atoms with E-state index < -0.39 is 0 Å². The summed E-state index contributed by atoms with van der Waals surface area (Å²) in [5.74, 6) is 0. The summed E-state index contributed by atoms with van der Waals surface area (Å²) >= 11 is 0. The van der Waals surface area contributed by atoms with Crippen molar-refractivity contribution in [1.29, 1.82) is 0 Å². The number of carbonyl (C=O) groups is 1. The van der Waals surface area contributed by atoms with Crippen molar-refractivity contribution < 1.29 is 19.0 Å². The van der Waals surface area contributed by atoms with Crippen LogP contribution in [0.4, 0.5) is 4.79 Å². The number of hydrogen-bond donors (Lipinski definition) is 0. The summed E-state index contributed by atoms with van der Waals surface area (Å²) in [4.78, 5) is 13.5. The number of hydrogen-bond acceptors (Lipinski definition) is 4. The number of morpholine rings is 1. The zero-order chi connectivity index (χ0) is 12.8. The van der Waals surface area contributed by atoms with Gasteiger partial charge in [-0.1, -0.05) is 30.3 Å². The third kappa shape index (κ3) is 3.21. The van der Waals surface area contributed by atoms with Crippen LogP contribution >= 0.6 is 0 Å². The van der Waals surface area contributed by atoms with Crippen molar-refractivity contribution in [3.63, 3.8) is 0 Å². The van der Waals surface area contributed by atoms with E-state index >= 15 is 0 Å². The van der Waals surface area contributed by atoms with E-state index in [-0.39, 0.29) is 18.9 Å². The van der Waals surface area contributed by atoms with Crippen molar-refractivity contribution >= 4 is 6.09 Å². The summed E-state index contributed by atoms with van der Waals surface area (Å²) < 4.78 is 15.7. The van der Waals surface area contributed by atoms with Gasteiger partial charge in [-0.3, -0.25) is 4.90 Å². The second-order valence-electron chi connectivity index (χ2n) is 4.00. The van der Waals surface area contributed by atoms with Gasteiger partial charge >= 0.3 is 6.09 Å². The number of nitrogens with zero attached hydrogens (tertiary/aromatic N) is 1. The summed E-state index contributed by atoms with van der Waals surface area (Å²) in [6, 6.07) is 9.58. The molecule has 1 fully saturated rings. The molecule has 98 valence electrons. The first kappa shape index (κ1) is 12.9. The quantitative estimate of drug-likeness (QED) is 0.819. The van der Waals surface area contributed by atoms with Crippen LogP contribution in [-0.2, 0) is 20.8 Å². The molecule has 1 aromatic carbocycles. The highest BCUT2D eigenvalue weighted by atomic mass is 16.6. The SMILES string of the molecule is COC1COCCN1C(=O)OCc1ccccc1. The van der Waals surface area contributed by atoms with Crippen molar-refractivity contribution in [2.45, 2.75) is 12.8 Å². The fourth-order valence-corrected chi connectivity index (χ4v) is 1.79. The summed E-state index contributed by atoms with van der Waals surface area (Å²) in [5, 5.41) is 0. The zero-order valence-corrected chi connectivity index (χ0v) is 10.4. The highest BCUT2D eigenvalue weighted by molar-refractivity contribution is 5.68. The molecule has 1 amide bonds. The number of methoxy groups -OCH3 is 1. The molecule has 1 atom stereocenters. The standard InChI is InChI=1S/C13H17NO4/c1-16-12-10-17-8-7-14(12)13(15)18-9-11-5-3-2-4-6-11/h2-6,12H,7-10H2,1H3. The topological polar surface area (TPSA) is 48.0 Å². The van der Waals surface area contributed by atoms with Crippen LogP contribution in [0.1, 0.15) is 5.56 Å². The summed E-state index contributed by atoms with van der Waals surface area (Å²) in [5.41, 5.74) is 0.966. The predicted molar refractivity (Wildman–Crippen MR) is 64.9 cm³/mol. The predicted octanol–water partition coefficient (Wildman–Crippen LogP) is 1.63. The van der Waals surface area contributed by atoms with Gasteiger partial charge in [0.25, 0.3) is 0 Å². The lowest BCUT2D eigenvalue weighted by Gasteiger charge is -2.33. The molecule has 0 radical (unpaired) electrons. The summed E-state index contributed by atoms with van der Waals surface area (Å²) in [6.07, 6.45) is -0.726. The third-order valence-electron chi connectivity index (χ3n) is 2.80. The molecule has 18 heavy (non-hydrogen) atoms. The highest BCUT2D eigenvalue weighted by Gasteiger charge is 2.28. The van der Waals surface area contributed by atoms with Gasteiger partial charge in [0, 0.05) is 7.11 Å². The first-order valence-electron chi connectivity index (χ1n) is 5.89. The summed E-state index contributed by atoms with van der Waals surface area (Å²) in [6.45, 7) is 1.66. The van der Waals surface area contributed by atoms with Crippen LogP contribution < -0.4 is 0 Å². The molecule has 1 heterocycles. The molecule has 0 aliphatic carbocycles. The van der Waals surface area contributed by atoms with Gasteiger partial charge in [-0.15, -0.1) is 0 Å². The average Bonchev–Trinajstić information content (AvgIpc) is 2.45. The monoisotopic (exact) mass is 251 g/mol. The lowest BCUT2D eigenvalue weighted by molar-refractivity contribution is -0.114. The van der Waals surface area contributed by atoms with E-state index in [1.54, 1.807) is 12.0 Å². The number of ether oxygens (including phenoxy) is 3. The lowest BCUT2D eigenvalue weighted by Crippen LogP contribution is -2.49. The van der Waals surface area contributed by atoms with Gasteiger partial charge in [-0.05, 0) is 5.56 Å². The van der Waals surface area contributed by atoms with Crippen LogP contribution in [0.5, 0.6) is 0 Å². The Balaban J connectivity index is 1.87. The maximum atomic E-state index is 11.9. The molecule has 1 aliphatic heterocycles. The normalized spacial score (nSPS) is 19.6. The number of carbonyl (C=O) groups excluding carboxylic acids is 1. The minimum atomic E-state index is -0.367. The molecule has 0 saturated carbocycles. The molecule has 1 unspecified atom stereocenters. The molecule has 0 spiro atoms.